The third kappa shape index (κ3) is 3.53. The largest absolute Gasteiger partial charge is 0.281 e. The molecule has 7 nitrogen and oxygen atoms in total. The molecule has 3 rings (SSSR count). The summed E-state index contributed by atoms with van der Waals surface area (Å²) in [5, 5.41) is 9.40. The molecule has 0 aliphatic heterocycles. The number of H-pyrrole nitrogens is 1. The van der Waals surface area contributed by atoms with Gasteiger partial charge in [-0.05, 0) is 26.0 Å². The van der Waals surface area contributed by atoms with E-state index in [4.69, 9.17) is 0 Å². The first kappa shape index (κ1) is 16.7. The van der Waals surface area contributed by atoms with Crippen LogP contribution in [0.25, 0.3) is 11.4 Å². The molecule has 0 aromatic carbocycles. The molecule has 0 bridgehead atoms. The Morgan fingerprint density at radius 3 is 2.75 bits per heavy atom. The second-order valence-corrected chi connectivity index (χ2v) is 7.90. The van der Waals surface area contributed by atoms with E-state index in [1.807, 2.05) is 23.6 Å². The van der Waals surface area contributed by atoms with Crippen LogP contribution in [0.3, 0.4) is 0 Å². The molecule has 2 N–H and O–H groups in total. The highest BCUT2D eigenvalue weighted by molar-refractivity contribution is 7.89. The van der Waals surface area contributed by atoms with Gasteiger partial charge >= 0.3 is 0 Å². The Morgan fingerprint density at radius 2 is 2.08 bits per heavy atom. The van der Waals surface area contributed by atoms with Crippen LogP contribution in [-0.2, 0) is 16.4 Å². The third-order valence-electron chi connectivity index (χ3n) is 3.44. The summed E-state index contributed by atoms with van der Waals surface area (Å²) in [6.45, 7) is 3.63. The van der Waals surface area contributed by atoms with E-state index in [0.29, 0.717) is 17.8 Å². The van der Waals surface area contributed by atoms with Crippen LogP contribution in [0.2, 0.25) is 0 Å². The molecule has 0 radical (unpaired) electrons. The fourth-order valence-corrected chi connectivity index (χ4v) is 4.55. The Balaban J connectivity index is 1.64. The Labute approximate surface area is 144 Å². The van der Waals surface area contributed by atoms with Crippen LogP contribution in [0.4, 0.5) is 0 Å². The predicted octanol–water partition coefficient (Wildman–Crippen LogP) is 2.07. The molecule has 0 aliphatic carbocycles. The van der Waals surface area contributed by atoms with Crippen molar-refractivity contribution in [3.63, 3.8) is 0 Å². The minimum absolute atomic E-state index is 0.218. The first-order valence-electron chi connectivity index (χ1n) is 7.34. The van der Waals surface area contributed by atoms with Gasteiger partial charge in [-0.1, -0.05) is 6.07 Å². The highest BCUT2D eigenvalue weighted by Crippen LogP contribution is 2.20. The normalized spacial score (nSPS) is 11.8. The Bertz CT molecular complexity index is 912. The summed E-state index contributed by atoms with van der Waals surface area (Å²) in [4.78, 5) is 8.98. The van der Waals surface area contributed by atoms with Crippen molar-refractivity contribution in [2.45, 2.75) is 25.2 Å². The van der Waals surface area contributed by atoms with Gasteiger partial charge in [0.1, 0.15) is 4.90 Å². The molecule has 3 heterocycles. The van der Waals surface area contributed by atoms with E-state index in [1.54, 1.807) is 20.0 Å². The van der Waals surface area contributed by atoms with Gasteiger partial charge in [0.05, 0.1) is 27.8 Å². The lowest BCUT2D eigenvalue weighted by Gasteiger charge is -2.05. The molecule has 0 saturated heterocycles. The molecule has 0 fully saturated rings. The van der Waals surface area contributed by atoms with Crippen molar-refractivity contribution in [3.05, 3.63) is 46.2 Å². The van der Waals surface area contributed by atoms with Gasteiger partial charge < -0.3 is 0 Å². The van der Waals surface area contributed by atoms with Crippen molar-refractivity contribution in [3.8, 4) is 11.4 Å². The Morgan fingerprint density at radius 1 is 1.25 bits per heavy atom. The van der Waals surface area contributed by atoms with Crippen molar-refractivity contribution in [2.24, 2.45) is 0 Å². The van der Waals surface area contributed by atoms with E-state index in [2.05, 4.69) is 24.9 Å². The molecule has 126 valence electrons. The summed E-state index contributed by atoms with van der Waals surface area (Å²) in [6.07, 6.45) is 2.24. The zero-order chi connectivity index (χ0) is 17.2. The Kier molecular flexibility index (Phi) is 4.74. The molecule has 0 atom stereocenters. The van der Waals surface area contributed by atoms with Crippen molar-refractivity contribution >= 4 is 21.4 Å². The van der Waals surface area contributed by atoms with E-state index in [1.165, 1.54) is 11.3 Å². The number of nitrogens with one attached hydrogen (secondary N) is 2. The zero-order valence-electron chi connectivity index (χ0n) is 13.3. The smallest absolute Gasteiger partial charge is 0.244 e. The molecule has 0 unspecified atom stereocenters. The molecular weight excluding hydrogens is 346 g/mol. The van der Waals surface area contributed by atoms with E-state index < -0.39 is 10.0 Å². The summed E-state index contributed by atoms with van der Waals surface area (Å²) in [6, 6.07) is 5.66. The quantitative estimate of drug-likeness (QED) is 0.698. The third-order valence-corrected chi connectivity index (χ3v) is 6.07. The fraction of sp³-hybridized carbons (Fsp3) is 0.267. The molecule has 24 heavy (non-hydrogen) atoms. The van der Waals surface area contributed by atoms with Crippen LogP contribution < -0.4 is 4.72 Å². The first-order chi connectivity index (χ1) is 11.5. The van der Waals surface area contributed by atoms with Crippen molar-refractivity contribution in [1.82, 2.24) is 24.9 Å². The number of hydrogen-bond donors (Lipinski definition) is 2. The van der Waals surface area contributed by atoms with Crippen molar-refractivity contribution in [2.75, 3.05) is 6.54 Å². The SMILES string of the molecule is Cc1n[nH]c(C)c1S(=O)(=O)NCCc1nc(-c2ccccn2)cs1. The predicted molar refractivity (Wildman–Crippen MR) is 92.3 cm³/mol. The van der Waals surface area contributed by atoms with Gasteiger partial charge in [-0.3, -0.25) is 10.1 Å². The summed E-state index contributed by atoms with van der Waals surface area (Å²) >= 11 is 1.49. The van der Waals surface area contributed by atoms with Gasteiger partial charge in [-0.2, -0.15) is 5.10 Å². The molecule has 0 amide bonds. The lowest BCUT2D eigenvalue weighted by Crippen LogP contribution is -2.26. The van der Waals surface area contributed by atoms with E-state index in [-0.39, 0.29) is 11.4 Å². The van der Waals surface area contributed by atoms with Crippen molar-refractivity contribution < 1.29 is 8.42 Å². The average Bonchev–Trinajstić information content (AvgIpc) is 3.15. The molecule has 0 spiro atoms. The topological polar surface area (TPSA) is 101 Å². The molecule has 9 heteroatoms. The maximum absolute atomic E-state index is 12.4. The average molecular weight is 363 g/mol. The molecule has 0 aliphatic rings. The lowest BCUT2D eigenvalue weighted by atomic mass is 10.3. The maximum atomic E-state index is 12.4. The number of rotatable bonds is 6. The molecule has 3 aromatic rings. The Hall–Kier alpha value is -2.10. The minimum atomic E-state index is -3.57. The maximum Gasteiger partial charge on any atom is 0.244 e. The summed E-state index contributed by atoms with van der Waals surface area (Å²) in [7, 11) is -3.57. The van der Waals surface area contributed by atoms with Crippen LogP contribution in [0.1, 0.15) is 16.4 Å². The van der Waals surface area contributed by atoms with Gasteiger partial charge in [0.25, 0.3) is 0 Å². The van der Waals surface area contributed by atoms with Crippen LogP contribution in [0.5, 0.6) is 0 Å². The van der Waals surface area contributed by atoms with Gasteiger partial charge in [0.15, 0.2) is 0 Å². The second-order valence-electron chi connectivity index (χ2n) is 5.25. The highest BCUT2D eigenvalue weighted by atomic mass is 32.2. The number of aromatic nitrogens is 4. The summed E-state index contributed by atoms with van der Waals surface area (Å²) < 4.78 is 27.3. The zero-order valence-corrected chi connectivity index (χ0v) is 14.9. The minimum Gasteiger partial charge on any atom is -0.281 e. The number of aromatic amines is 1. The monoisotopic (exact) mass is 363 g/mol. The van der Waals surface area contributed by atoms with Gasteiger partial charge in [-0.15, -0.1) is 11.3 Å². The van der Waals surface area contributed by atoms with Crippen LogP contribution in [0.15, 0.2) is 34.7 Å². The number of sulfonamides is 1. The second kappa shape index (κ2) is 6.80. The van der Waals surface area contributed by atoms with Crippen LogP contribution in [0, 0.1) is 13.8 Å². The van der Waals surface area contributed by atoms with Gasteiger partial charge in [0.2, 0.25) is 10.0 Å². The summed E-state index contributed by atoms with van der Waals surface area (Å²) in [5.74, 6) is 0. The number of hydrogen-bond acceptors (Lipinski definition) is 6. The highest BCUT2D eigenvalue weighted by Gasteiger charge is 2.21. The lowest BCUT2D eigenvalue weighted by molar-refractivity contribution is 0.580. The number of pyridine rings is 1. The van der Waals surface area contributed by atoms with Crippen LogP contribution >= 0.6 is 11.3 Å². The molecular formula is C15H17N5O2S2. The summed E-state index contributed by atoms with van der Waals surface area (Å²) in [5.41, 5.74) is 2.61. The number of aryl methyl sites for hydroxylation is 2. The van der Waals surface area contributed by atoms with E-state index in [0.717, 1.165) is 16.4 Å². The van der Waals surface area contributed by atoms with Crippen molar-refractivity contribution in [1.29, 1.82) is 0 Å². The van der Waals surface area contributed by atoms with Crippen LogP contribution in [-0.4, -0.2) is 35.1 Å². The number of thiazole rings is 1. The van der Waals surface area contributed by atoms with E-state index >= 15 is 0 Å². The fourth-order valence-electron chi connectivity index (χ4n) is 2.36. The number of nitrogens with zero attached hydrogens (tertiary/aromatic N) is 3. The molecule has 0 saturated carbocycles. The standard InChI is InChI=1S/C15H17N5O2S2/c1-10-15(11(2)20-19-10)24(21,22)17-8-6-14-18-13(9-23-14)12-5-3-4-7-16-12/h3-5,7,9,17H,6,8H2,1-2H3,(H,19,20). The van der Waals surface area contributed by atoms with Gasteiger partial charge in [0, 0.05) is 24.5 Å². The van der Waals surface area contributed by atoms with Gasteiger partial charge in [-0.25, -0.2) is 18.1 Å². The van der Waals surface area contributed by atoms with E-state index in [9.17, 15) is 8.42 Å². The molecule has 3 aromatic heterocycles. The first-order valence-corrected chi connectivity index (χ1v) is 9.70.